The van der Waals surface area contributed by atoms with Gasteiger partial charge in [0.05, 0.1) is 0 Å². The van der Waals surface area contributed by atoms with Crippen molar-refractivity contribution < 1.29 is 0 Å². The van der Waals surface area contributed by atoms with E-state index in [-0.39, 0.29) is 0 Å². The van der Waals surface area contributed by atoms with Gasteiger partial charge in [-0.3, -0.25) is 0 Å². The number of hydrogen-bond donors (Lipinski definition) is 0. The predicted molar refractivity (Wildman–Crippen MR) is 96.9 cm³/mol. The molecule has 0 heterocycles. The van der Waals surface area contributed by atoms with Crippen LogP contribution in [0, 0.1) is 0 Å². The molecule has 0 aliphatic heterocycles. The van der Waals surface area contributed by atoms with Crippen molar-refractivity contribution in [3.63, 3.8) is 0 Å². The van der Waals surface area contributed by atoms with Gasteiger partial charge in [0, 0.05) is 0 Å². The predicted octanol–water partition coefficient (Wildman–Crippen LogP) is 5.84. The van der Waals surface area contributed by atoms with Gasteiger partial charge < -0.3 is 0 Å². The summed E-state index contributed by atoms with van der Waals surface area (Å²) in [6, 6.07) is 9.46. The van der Waals surface area contributed by atoms with E-state index in [1.54, 1.807) is 11.1 Å². The van der Waals surface area contributed by atoms with Crippen LogP contribution in [-0.2, 0) is 12.8 Å². The third-order valence-corrected chi connectivity index (χ3v) is 9.49. The van der Waals surface area contributed by atoms with Crippen molar-refractivity contribution in [1.82, 2.24) is 0 Å². The van der Waals surface area contributed by atoms with Gasteiger partial charge in [-0.15, -0.1) is 0 Å². The Labute approximate surface area is 136 Å². The minimum absolute atomic E-state index is 0.560. The SMILES string of the molecule is [CH3][Ge]([CH3])[CH2]CCCc1ccc(CCC[CH2][Ge]([CH3])[CH3])cc1. The zero-order chi connectivity index (χ0) is 14.8. The van der Waals surface area contributed by atoms with Gasteiger partial charge in [-0.25, -0.2) is 0 Å². The zero-order valence-corrected chi connectivity index (χ0v) is 18.2. The molecule has 0 unspecified atom stereocenters. The molecule has 2 heteroatoms. The van der Waals surface area contributed by atoms with E-state index in [0.29, 0.717) is 0 Å². The Morgan fingerprint density at radius 1 is 0.600 bits per heavy atom. The first-order valence-electron chi connectivity index (χ1n) is 8.24. The fourth-order valence-corrected chi connectivity index (χ4v) is 6.50. The summed E-state index contributed by atoms with van der Waals surface area (Å²) in [6.45, 7) is 0. The first-order valence-corrected chi connectivity index (χ1v) is 19.6. The van der Waals surface area contributed by atoms with Gasteiger partial charge in [-0.2, -0.15) is 0 Å². The van der Waals surface area contributed by atoms with Crippen molar-refractivity contribution in [2.45, 2.75) is 72.1 Å². The molecule has 20 heavy (non-hydrogen) atoms. The minimum atomic E-state index is -0.560. The summed E-state index contributed by atoms with van der Waals surface area (Å²) in [5.74, 6) is 9.93. The molecule has 0 saturated carbocycles. The first-order chi connectivity index (χ1) is 9.58. The molecule has 0 nitrogen and oxygen atoms in total. The van der Waals surface area contributed by atoms with Gasteiger partial charge >= 0.3 is 136 Å². The van der Waals surface area contributed by atoms with Crippen LogP contribution in [0.5, 0.6) is 0 Å². The molecule has 0 amide bonds. The maximum atomic E-state index is 2.48. The summed E-state index contributed by atoms with van der Waals surface area (Å²) in [5.41, 5.74) is 3.08. The summed E-state index contributed by atoms with van der Waals surface area (Å²) in [5, 5.41) is 3.08. The monoisotopic (exact) mass is 396 g/mol. The van der Waals surface area contributed by atoms with Crippen molar-refractivity contribution in [3.05, 3.63) is 35.4 Å². The second kappa shape index (κ2) is 11.0. The molecule has 1 aromatic rings. The van der Waals surface area contributed by atoms with Crippen LogP contribution in [0.1, 0.15) is 36.8 Å². The van der Waals surface area contributed by atoms with E-state index in [2.05, 4.69) is 47.3 Å². The zero-order valence-electron chi connectivity index (χ0n) is 14.0. The van der Waals surface area contributed by atoms with Gasteiger partial charge in [0.25, 0.3) is 0 Å². The van der Waals surface area contributed by atoms with E-state index in [1.807, 2.05) is 0 Å². The topological polar surface area (TPSA) is 0 Å². The summed E-state index contributed by atoms with van der Waals surface area (Å²) in [4.78, 5) is 0. The van der Waals surface area contributed by atoms with Crippen LogP contribution in [-0.4, -0.2) is 28.7 Å². The number of rotatable bonds is 10. The second-order valence-electron chi connectivity index (χ2n) is 6.64. The summed E-state index contributed by atoms with van der Waals surface area (Å²) in [6.07, 6.45) is 8.24. The molecule has 0 saturated heterocycles. The Hall–Kier alpha value is 0.306. The van der Waals surface area contributed by atoms with Crippen molar-refractivity contribution in [2.24, 2.45) is 0 Å². The van der Waals surface area contributed by atoms with E-state index in [9.17, 15) is 0 Å². The van der Waals surface area contributed by atoms with Crippen molar-refractivity contribution in [1.29, 1.82) is 0 Å². The first kappa shape index (κ1) is 18.4. The van der Waals surface area contributed by atoms with Gasteiger partial charge in [0.1, 0.15) is 0 Å². The van der Waals surface area contributed by atoms with Crippen molar-refractivity contribution in [3.8, 4) is 0 Å². The fourth-order valence-electron chi connectivity index (χ4n) is 2.49. The third-order valence-electron chi connectivity index (χ3n) is 3.81. The van der Waals surface area contributed by atoms with E-state index < -0.39 is 28.7 Å². The van der Waals surface area contributed by atoms with Crippen LogP contribution in [0.25, 0.3) is 0 Å². The summed E-state index contributed by atoms with van der Waals surface area (Å²) >= 11 is -1.12. The number of benzene rings is 1. The van der Waals surface area contributed by atoms with Crippen LogP contribution in [0.2, 0.25) is 33.5 Å². The van der Waals surface area contributed by atoms with Crippen LogP contribution in [0.3, 0.4) is 0 Å². The Balaban J connectivity index is 2.19. The quantitative estimate of drug-likeness (QED) is 0.346. The Kier molecular flexibility index (Phi) is 10.0. The van der Waals surface area contributed by atoms with Crippen LogP contribution in [0.4, 0.5) is 0 Å². The molecule has 0 bridgehead atoms. The summed E-state index contributed by atoms with van der Waals surface area (Å²) in [7, 11) is 0. The standard InChI is InChI=1S/C18H32Ge2/c1-19(2)15-7-5-9-17-11-13-18(14-12-17)10-6-8-16-20(3)4/h11-14H,5-10,15-16H2,1-4H3. The molecule has 0 aromatic heterocycles. The van der Waals surface area contributed by atoms with E-state index >= 15 is 0 Å². The van der Waals surface area contributed by atoms with Crippen molar-refractivity contribution >= 4 is 28.7 Å². The normalized spacial score (nSPS) is 11.5. The summed E-state index contributed by atoms with van der Waals surface area (Å²) < 4.78 is 0. The molecular formula is C18H32Ge2. The van der Waals surface area contributed by atoms with E-state index in [1.165, 1.54) is 49.0 Å². The number of unbranched alkanes of at least 4 members (excludes halogenated alkanes) is 2. The molecule has 2 radical (unpaired) electrons. The van der Waals surface area contributed by atoms with E-state index in [4.69, 9.17) is 0 Å². The molecule has 1 aromatic carbocycles. The average molecular weight is 394 g/mol. The van der Waals surface area contributed by atoms with Gasteiger partial charge in [-0.1, -0.05) is 0 Å². The molecule has 0 fully saturated rings. The molecule has 0 N–H and O–H groups in total. The Bertz CT molecular complexity index is 306. The molecule has 112 valence electrons. The van der Waals surface area contributed by atoms with E-state index in [0.717, 1.165) is 0 Å². The maximum absolute atomic E-state index is 2.48. The van der Waals surface area contributed by atoms with Crippen LogP contribution in [0.15, 0.2) is 24.3 Å². The molecule has 1 rings (SSSR count). The fraction of sp³-hybridized carbons (Fsp3) is 0.667. The Morgan fingerprint density at radius 3 is 1.25 bits per heavy atom. The van der Waals surface area contributed by atoms with Gasteiger partial charge in [0.15, 0.2) is 0 Å². The van der Waals surface area contributed by atoms with Gasteiger partial charge in [0.2, 0.25) is 0 Å². The molecule has 0 atom stereocenters. The van der Waals surface area contributed by atoms with Crippen LogP contribution < -0.4 is 0 Å². The number of hydrogen-bond acceptors (Lipinski definition) is 0. The van der Waals surface area contributed by atoms with Gasteiger partial charge in [-0.05, 0) is 0 Å². The second-order valence-corrected chi connectivity index (χ2v) is 18.9. The Morgan fingerprint density at radius 2 is 0.950 bits per heavy atom. The third kappa shape index (κ3) is 9.28. The average Bonchev–Trinajstić information content (AvgIpc) is 2.41. The van der Waals surface area contributed by atoms with Crippen molar-refractivity contribution in [2.75, 3.05) is 0 Å². The molecular weight excluding hydrogens is 361 g/mol. The molecule has 0 spiro atoms. The molecule has 0 aliphatic carbocycles. The van der Waals surface area contributed by atoms with Crippen LogP contribution >= 0.6 is 0 Å². The molecule has 0 aliphatic rings. The number of aryl methyl sites for hydroxylation is 2.